The molecule has 0 aliphatic carbocycles. The van der Waals surface area contributed by atoms with E-state index in [0.29, 0.717) is 19.5 Å². The summed E-state index contributed by atoms with van der Waals surface area (Å²) in [5.74, 6) is 0.0855. The molecule has 0 aliphatic heterocycles. The second-order valence-corrected chi connectivity index (χ2v) is 4.69. The molecule has 0 saturated heterocycles. The first-order chi connectivity index (χ1) is 8.61. The van der Waals surface area contributed by atoms with Gasteiger partial charge in [0.05, 0.1) is 0 Å². The minimum Gasteiger partial charge on any atom is -0.352 e. The van der Waals surface area contributed by atoms with Gasteiger partial charge in [-0.1, -0.05) is 24.3 Å². The number of carbonyl (C=O) groups is 1. The monoisotopic (exact) mass is 321 g/mol. The first kappa shape index (κ1) is 21.5. The molecular formula is C14H25Cl2N3O. The van der Waals surface area contributed by atoms with Gasteiger partial charge in [0.15, 0.2) is 0 Å². The highest BCUT2D eigenvalue weighted by molar-refractivity contribution is 5.85. The minimum atomic E-state index is 0. The summed E-state index contributed by atoms with van der Waals surface area (Å²) >= 11 is 0. The first-order valence-corrected chi connectivity index (χ1v) is 6.25. The summed E-state index contributed by atoms with van der Waals surface area (Å²) in [5, 5.41) is 5.88. The summed E-state index contributed by atoms with van der Waals surface area (Å²) in [6.07, 6.45) is 0.522. The quantitative estimate of drug-likeness (QED) is 0.805. The van der Waals surface area contributed by atoms with Gasteiger partial charge in [0.1, 0.15) is 0 Å². The van der Waals surface area contributed by atoms with Crippen molar-refractivity contribution in [2.75, 3.05) is 27.7 Å². The molecule has 0 bridgehead atoms. The van der Waals surface area contributed by atoms with Crippen molar-refractivity contribution < 1.29 is 4.79 Å². The first-order valence-electron chi connectivity index (χ1n) is 6.25. The Morgan fingerprint density at radius 3 is 2.45 bits per heavy atom. The van der Waals surface area contributed by atoms with Gasteiger partial charge < -0.3 is 15.5 Å². The third-order valence-corrected chi connectivity index (χ3v) is 2.58. The maximum Gasteiger partial charge on any atom is 0.221 e. The summed E-state index contributed by atoms with van der Waals surface area (Å²) in [7, 11) is 5.94. The number of rotatable bonds is 7. The summed E-state index contributed by atoms with van der Waals surface area (Å²) in [4.78, 5) is 13.6. The Morgan fingerprint density at radius 2 is 1.85 bits per heavy atom. The van der Waals surface area contributed by atoms with Crippen LogP contribution in [-0.2, 0) is 17.9 Å². The van der Waals surface area contributed by atoms with Crippen LogP contribution >= 0.6 is 24.8 Å². The number of nitrogens with one attached hydrogen (secondary N) is 2. The molecule has 6 heteroatoms. The maximum absolute atomic E-state index is 11.5. The molecule has 0 radical (unpaired) electrons. The third-order valence-electron chi connectivity index (χ3n) is 2.58. The van der Waals surface area contributed by atoms with Gasteiger partial charge >= 0.3 is 0 Å². The summed E-state index contributed by atoms with van der Waals surface area (Å²) in [6, 6.07) is 8.32. The molecule has 0 unspecified atom stereocenters. The van der Waals surface area contributed by atoms with E-state index in [1.165, 1.54) is 5.56 Å². The molecule has 0 spiro atoms. The van der Waals surface area contributed by atoms with Crippen LogP contribution in [0.4, 0.5) is 0 Å². The van der Waals surface area contributed by atoms with Crippen LogP contribution in [-0.4, -0.2) is 38.5 Å². The van der Waals surface area contributed by atoms with Crippen molar-refractivity contribution in [1.29, 1.82) is 0 Å². The normalized spacial score (nSPS) is 9.60. The molecule has 1 aromatic rings. The van der Waals surface area contributed by atoms with Crippen LogP contribution in [0.25, 0.3) is 0 Å². The average Bonchev–Trinajstić information content (AvgIpc) is 2.33. The second kappa shape index (κ2) is 12.0. The van der Waals surface area contributed by atoms with Crippen molar-refractivity contribution in [2.45, 2.75) is 19.5 Å². The van der Waals surface area contributed by atoms with Crippen molar-refractivity contribution in [3.05, 3.63) is 35.4 Å². The van der Waals surface area contributed by atoms with Gasteiger partial charge in [-0.2, -0.15) is 0 Å². The topological polar surface area (TPSA) is 44.4 Å². The highest BCUT2D eigenvalue weighted by Gasteiger charge is 2.01. The van der Waals surface area contributed by atoms with E-state index in [0.717, 1.165) is 12.1 Å². The Bertz CT molecular complexity index is 386. The van der Waals surface area contributed by atoms with E-state index in [9.17, 15) is 4.79 Å². The molecule has 4 nitrogen and oxygen atoms in total. The Morgan fingerprint density at radius 1 is 1.20 bits per heavy atom. The van der Waals surface area contributed by atoms with Gasteiger partial charge in [-0.15, -0.1) is 24.8 Å². The van der Waals surface area contributed by atoms with E-state index >= 15 is 0 Å². The molecule has 1 rings (SSSR count). The highest BCUT2D eigenvalue weighted by Crippen LogP contribution is 2.06. The lowest BCUT2D eigenvalue weighted by molar-refractivity contribution is -0.121. The summed E-state index contributed by atoms with van der Waals surface area (Å²) in [5.41, 5.74) is 2.41. The van der Waals surface area contributed by atoms with Crippen LogP contribution in [0.1, 0.15) is 17.5 Å². The molecule has 0 aromatic heterocycles. The zero-order valence-electron chi connectivity index (χ0n) is 12.3. The molecule has 0 fully saturated rings. The van der Waals surface area contributed by atoms with Gasteiger partial charge in [-0.25, -0.2) is 0 Å². The number of amides is 1. The highest BCUT2D eigenvalue weighted by atomic mass is 35.5. The lowest BCUT2D eigenvalue weighted by Crippen LogP contribution is -2.26. The number of carbonyl (C=O) groups excluding carboxylic acids is 1. The van der Waals surface area contributed by atoms with Gasteiger partial charge in [-0.05, 0) is 32.3 Å². The number of hydrogen-bond acceptors (Lipinski definition) is 3. The minimum absolute atomic E-state index is 0. The second-order valence-electron chi connectivity index (χ2n) is 4.69. The molecule has 0 atom stereocenters. The van der Waals surface area contributed by atoms with Crippen LogP contribution in [0, 0.1) is 0 Å². The number of benzene rings is 1. The molecule has 1 aromatic carbocycles. The van der Waals surface area contributed by atoms with Gasteiger partial charge in [0.2, 0.25) is 5.91 Å². The maximum atomic E-state index is 11.5. The van der Waals surface area contributed by atoms with Crippen LogP contribution < -0.4 is 10.6 Å². The Balaban J connectivity index is 0. The lowest BCUT2D eigenvalue weighted by atomic mass is 10.1. The largest absolute Gasteiger partial charge is 0.352 e. The Kier molecular flexibility index (Phi) is 12.9. The van der Waals surface area contributed by atoms with E-state index in [4.69, 9.17) is 0 Å². The van der Waals surface area contributed by atoms with E-state index in [1.807, 2.05) is 33.3 Å². The average molecular weight is 322 g/mol. The van der Waals surface area contributed by atoms with E-state index in [2.05, 4.69) is 27.7 Å². The predicted octanol–water partition coefficient (Wildman–Crippen LogP) is 1.82. The molecule has 116 valence electrons. The van der Waals surface area contributed by atoms with Crippen molar-refractivity contribution in [2.24, 2.45) is 0 Å². The van der Waals surface area contributed by atoms with Crippen molar-refractivity contribution >= 4 is 30.7 Å². The molecule has 2 N–H and O–H groups in total. The predicted molar refractivity (Wildman–Crippen MR) is 88.7 cm³/mol. The van der Waals surface area contributed by atoms with Gasteiger partial charge in [0.25, 0.3) is 0 Å². The molecule has 0 saturated carbocycles. The van der Waals surface area contributed by atoms with Crippen LogP contribution in [0.15, 0.2) is 24.3 Å². The number of halogens is 2. The van der Waals surface area contributed by atoms with Crippen molar-refractivity contribution in [3.8, 4) is 0 Å². The molecule has 0 aliphatic rings. The molecule has 0 heterocycles. The molecular weight excluding hydrogens is 297 g/mol. The van der Waals surface area contributed by atoms with Gasteiger partial charge in [0, 0.05) is 26.1 Å². The lowest BCUT2D eigenvalue weighted by Gasteiger charge is -2.11. The third kappa shape index (κ3) is 9.15. The van der Waals surface area contributed by atoms with Gasteiger partial charge in [-0.3, -0.25) is 4.79 Å². The fraction of sp³-hybridized carbons (Fsp3) is 0.500. The van der Waals surface area contributed by atoms with E-state index in [-0.39, 0.29) is 30.7 Å². The fourth-order valence-electron chi connectivity index (χ4n) is 1.73. The van der Waals surface area contributed by atoms with Crippen molar-refractivity contribution in [1.82, 2.24) is 15.5 Å². The Hall–Kier alpha value is -0.810. The zero-order valence-corrected chi connectivity index (χ0v) is 13.9. The fourth-order valence-corrected chi connectivity index (χ4v) is 1.73. The number of nitrogens with zero attached hydrogens (tertiary/aromatic N) is 1. The SMILES string of the molecule is CNCCC(=O)NCc1cccc(CN(C)C)c1.Cl.Cl. The van der Waals surface area contributed by atoms with Crippen LogP contribution in [0.2, 0.25) is 0 Å². The van der Waals surface area contributed by atoms with E-state index < -0.39 is 0 Å². The number of hydrogen-bond donors (Lipinski definition) is 2. The van der Waals surface area contributed by atoms with Crippen molar-refractivity contribution in [3.63, 3.8) is 0 Å². The molecule has 1 amide bonds. The van der Waals surface area contributed by atoms with Crippen LogP contribution in [0.5, 0.6) is 0 Å². The summed E-state index contributed by atoms with van der Waals surface area (Å²) < 4.78 is 0. The standard InChI is InChI=1S/C14H23N3O.2ClH/c1-15-8-7-14(18)16-10-12-5-4-6-13(9-12)11-17(2)3;;/h4-6,9,15H,7-8,10-11H2,1-3H3,(H,16,18);2*1H. The molecule has 20 heavy (non-hydrogen) atoms. The zero-order chi connectivity index (χ0) is 13.4. The van der Waals surface area contributed by atoms with E-state index in [1.54, 1.807) is 0 Å². The smallest absolute Gasteiger partial charge is 0.221 e. The van der Waals surface area contributed by atoms with Crippen LogP contribution in [0.3, 0.4) is 0 Å². The summed E-state index contributed by atoms with van der Waals surface area (Å²) in [6.45, 7) is 2.23. The Labute approximate surface area is 134 Å².